The molecule has 0 unspecified atom stereocenters. The van der Waals surface area contributed by atoms with E-state index in [9.17, 15) is 14.3 Å². The van der Waals surface area contributed by atoms with Crippen molar-refractivity contribution in [3.05, 3.63) is 24.1 Å². The van der Waals surface area contributed by atoms with Crippen molar-refractivity contribution in [2.45, 2.75) is 38.3 Å². The second-order valence-corrected chi connectivity index (χ2v) is 4.77. The van der Waals surface area contributed by atoms with E-state index in [2.05, 4.69) is 4.98 Å². The van der Waals surface area contributed by atoms with Gasteiger partial charge in [0.25, 0.3) is 0 Å². The summed E-state index contributed by atoms with van der Waals surface area (Å²) in [5.74, 6) is -1.33. The highest BCUT2D eigenvalue weighted by Crippen LogP contribution is 2.37. The van der Waals surface area contributed by atoms with Crippen LogP contribution in [0.2, 0.25) is 0 Å². The van der Waals surface area contributed by atoms with Crippen LogP contribution >= 0.6 is 0 Å². The lowest BCUT2D eigenvalue weighted by Gasteiger charge is -2.36. The highest BCUT2D eigenvalue weighted by Gasteiger charge is 2.44. The molecule has 1 aliphatic carbocycles. The zero-order valence-electron chi connectivity index (χ0n) is 9.85. The number of pyridine rings is 1. The summed E-state index contributed by atoms with van der Waals surface area (Å²) in [6, 6.07) is 2.87. The fourth-order valence-electron chi connectivity index (χ4n) is 1.88. The van der Waals surface area contributed by atoms with Gasteiger partial charge in [0.05, 0.1) is 0 Å². The monoisotopic (exact) mass is 238 g/mol. The molecule has 17 heavy (non-hydrogen) atoms. The van der Waals surface area contributed by atoms with E-state index >= 15 is 0 Å². The minimum atomic E-state index is -1.16. The molecule has 0 saturated heterocycles. The maximum Gasteiger partial charge on any atom is 0.329 e. The second-order valence-electron chi connectivity index (χ2n) is 4.77. The molecule has 0 bridgehead atoms. The van der Waals surface area contributed by atoms with Gasteiger partial charge in [0.2, 0.25) is 0 Å². The zero-order valence-corrected chi connectivity index (χ0v) is 9.85. The number of rotatable bonds is 4. The number of anilines is 1. The van der Waals surface area contributed by atoms with E-state index in [1.54, 1.807) is 18.7 Å². The lowest BCUT2D eigenvalue weighted by Crippen LogP contribution is -2.52. The average Bonchev–Trinajstić information content (AvgIpc) is 3.05. The van der Waals surface area contributed by atoms with Gasteiger partial charge in [-0.25, -0.2) is 14.2 Å². The van der Waals surface area contributed by atoms with Crippen LogP contribution in [0, 0.1) is 5.82 Å². The largest absolute Gasteiger partial charge is 0.480 e. The predicted molar refractivity (Wildman–Crippen MR) is 61.4 cm³/mol. The molecule has 2 rings (SSSR count). The van der Waals surface area contributed by atoms with Crippen LogP contribution < -0.4 is 4.90 Å². The minimum absolute atomic E-state index is 0.0745. The van der Waals surface area contributed by atoms with E-state index in [-0.39, 0.29) is 11.9 Å². The number of carbonyl (C=O) groups is 1. The van der Waals surface area contributed by atoms with Gasteiger partial charge in [0, 0.05) is 12.2 Å². The molecular formula is C12H15FN2O2. The first kappa shape index (κ1) is 11.8. The van der Waals surface area contributed by atoms with Crippen LogP contribution in [0.1, 0.15) is 26.7 Å². The van der Waals surface area contributed by atoms with Gasteiger partial charge in [-0.1, -0.05) is 0 Å². The molecule has 92 valence electrons. The van der Waals surface area contributed by atoms with E-state index in [0.717, 1.165) is 12.8 Å². The summed E-state index contributed by atoms with van der Waals surface area (Å²) in [5.41, 5.74) is -1.16. The normalized spacial score (nSPS) is 15.7. The zero-order chi connectivity index (χ0) is 12.6. The number of nitrogens with zero attached hydrogens (tertiary/aromatic N) is 2. The molecule has 0 spiro atoms. The molecule has 0 aliphatic heterocycles. The number of carboxylic acid groups (broad SMARTS) is 1. The molecule has 1 N–H and O–H groups in total. The van der Waals surface area contributed by atoms with Crippen LogP contribution in [-0.2, 0) is 4.79 Å². The summed E-state index contributed by atoms with van der Waals surface area (Å²) in [7, 11) is 0. The Morgan fingerprint density at radius 2 is 2.24 bits per heavy atom. The quantitative estimate of drug-likeness (QED) is 0.872. The van der Waals surface area contributed by atoms with Gasteiger partial charge in [0.15, 0.2) is 11.6 Å². The summed E-state index contributed by atoms with van der Waals surface area (Å²) in [5, 5.41) is 9.25. The summed E-state index contributed by atoms with van der Waals surface area (Å²) in [4.78, 5) is 16.8. The maximum absolute atomic E-state index is 13.7. The van der Waals surface area contributed by atoms with Crippen LogP contribution in [0.3, 0.4) is 0 Å². The van der Waals surface area contributed by atoms with E-state index in [4.69, 9.17) is 0 Å². The van der Waals surface area contributed by atoms with E-state index in [1.807, 2.05) is 0 Å². The molecule has 0 radical (unpaired) electrons. The maximum atomic E-state index is 13.7. The van der Waals surface area contributed by atoms with Crippen LogP contribution in [-0.4, -0.2) is 27.6 Å². The third-order valence-corrected chi connectivity index (χ3v) is 3.00. The first-order valence-electron chi connectivity index (χ1n) is 5.58. The van der Waals surface area contributed by atoms with Gasteiger partial charge in [0.1, 0.15) is 5.54 Å². The summed E-state index contributed by atoms with van der Waals surface area (Å²) < 4.78 is 13.7. The van der Waals surface area contributed by atoms with Crippen LogP contribution in [0.5, 0.6) is 0 Å². The van der Waals surface area contributed by atoms with Crippen molar-refractivity contribution >= 4 is 11.8 Å². The third kappa shape index (κ3) is 2.09. The molecule has 0 amide bonds. The van der Waals surface area contributed by atoms with Crippen LogP contribution in [0.25, 0.3) is 0 Å². The lowest BCUT2D eigenvalue weighted by atomic mass is 10.0. The lowest BCUT2D eigenvalue weighted by molar-refractivity contribution is -0.142. The number of carboxylic acids is 1. The van der Waals surface area contributed by atoms with Gasteiger partial charge in [-0.05, 0) is 38.8 Å². The molecule has 1 saturated carbocycles. The Morgan fingerprint density at radius 1 is 1.59 bits per heavy atom. The highest BCUT2D eigenvalue weighted by molar-refractivity contribution is 5.82. The van der Waals surface area contributed by atoms with E-state index in [1.165, 1.54) is 18.3 Å². The fraction of sp³-hybridized carbons (Fsp3) is 0.500. The topological polar surface area (TPSA) is 53.4 Å². The highest BCUT2D eigenvalue weighted by atomic mass is 19.1. The Morgan fingerprint density at radius 3 is 2.71 bits per heavy atom. The number of hydrogen-bond donors (Lipinski definition) is 1. The number of aromatic nitrogens is 1. The summed E-state index contributed by atoms with van der Waals surface area (Å²) in [6.07, 6.45) is 3.24. The first-order valence-corrected chi connectivity index (χ1v) is 5.58. The second kappa shape index (κ2) is 3.98. The Labute approximate surface area is 99.1 Å². The minimum Gasteiger partial charge on any atom is -0.480 e. The van der Waals surface area contributed by atoms with Gasteiger partial charge < -0.3 is 10.0 Å². The molecule has 1 aliphatic rings. The fourth-order valence-corrected chi connectivity index (χ4v) is 1.88. The van der Waals surface area contributed by atoms with E-state index < -0.39 is 17.3 Å². The summed E-state index contributed by atoms with van der Waals surface area (Å²) in [6.45, 7) is 3.14. The molecule has 1 aromatic rings. The molecule has 0 aromatic carbocycles. The van der Waals surface area contributed by atoms with Crippen molar-refractivity contribution in [2.24, 2.45) is 0 Å². The Kier molecular flexibility index (Phi) is 2.77. The van der Waals surface area contributed by atoms with E-state index in [0.29, 0.717) is 0 Å². The SMILES string of the molecule is CC(C)(C(=O)O)N(c1ncccc1F)C1CC1. The van der Waals surface area contributed by atoms with Crippen molar-refractivity contribution in [1.29, 1.82) is 0 Å². The molecule has 4 nitrogen and oxygen atoms in total. The van der Waals surface area contributed by atoms with Gasteiger partial charge in [-0.15, -0.1) is 0 Å². The van der Waals surface area contributed by atoms with Crippen LogP contribution in [0.4, 0.5) is 10.2 Å². The van der Waals surface area contributed by atoms with Crippen LogP contribution in [0.15, 0.2) is 18.3 Å². The molecule has 0 atom stereocenters. The smallest absolute Gasteiger partial charge is 0.329 e. The van der Waals surface area contributed by atoms with Crippen molar-refractivity contribution < 1.29 is 14.3 Å². The molecule has 1 heterocycles. The Balaban J connectivity index is 2.43. The van der Waals surface area contributed by atoms with Crippen molar-refractivity contribution in [1.82, 2.24) is 4.98 Å². The molecule has 1 aromatic heterocycles. The number of hydrogen-bond acceptors (Lipinski definition) is 3. The third-order valence-electron chi connectivity index (χ3n) is 3.00. The molecule has 5 heteroatoms. The first-order chi connectivity index (χ1) is 7.94. The van der Waals surface area contributed by atoms with Crippen molar-refractivity contribution in [2.75, 3.05) is 4.90 Å². The Bertz CT molecular complexity index is 444. The van der Waals surface area contributed by atoms with Gasteiger partial charge in [-0.2, -0.15) is 0 Å². The molecular weight excluding hydrogens is 223 g/mol. The van der Waals surface area contributed by atoms with Crippen molar-refractivity contribution in [3.8, 4) is 0 Å². The van der Waals surface area contributed by atoms with Gasteiger partial charge >= 0.3 is 5.97 Å². The Hall–Kier alpha value is -1.65. The van der Waals surface area contributed by atoms with Gasteiger partial charge in [-0.3, -0.25) is 0 Å². The average molecular weight is 238 g/mol. The number of aliphatic carboxylic acids is 1. The van der Waals surface area contributed by atoms with Crippen molar-refractivity contribution in [3.63, 3.8) is 0 Å². The standard InChI is InChI=1S/C12H15FN2O2/c1-12(2,11(16)17)15(8-5-6-8)10-9(13)4-3-7-14-10/h3-4,7-8H,5-6H2,1-2H3,(H,16,17). The molecule has 1 fully saturated rings. The summed E-state index contributed by atoms with van der Waals surface area (Å²) >= 11 is 0. The number of halogens is 1. The predicted octanol–water partition coefficient (Wildman–Crippen LogP) is 2.05.